The molecular weight excluding hydrogens is 352 g/mol. The van der Waals surface area contributed by atoms with E-state index >= 15 is 0 Å². The van der Waals surface area contributed by atoms with Gasteiger partial charge in [0.2, 0.25) is 5.91 Å². The molecule has 1 amide bonds. The Morgan fingerprint density at radius 1 is 1.14 bits per heavy atom. The number of aliphatic imine (C=N–C) groups is 1. The highest BCUT2D eigenvalue weighted by atomic mass is 16.5. The molecule has 0 aliphatic heterocycles. The van der Waals surface area contributed by atoms with Gasteiger partial charge in [-0.15, -0.1) is 0 Å². The van der Waals surface area contributed by atoms with E-state index in [4.69, 9.17) is 4.74 Å². The van der Waals surface area contributed by atoms with Gasteiger partial charge in [0.05, 0.1) is 12.8 Å². The number of methoxy groups -OCH3 is 1. The monoisotopic (exact) mass is 380 g/mol. The van der Waals surface area contributed by atoms with Gasteiger partial charge in [-0.2, -0.15) is 0 Å². The van der Waals surface area contributed by atoms with Crippen molar-refractivity contribution < 1.29 is 9.53 Å². The van der Waals surface area contributed by atoms with E-state index in [0.29, 0.717) is 18.0 Å². The molecule has 6 heteroatoms. The minimum Gasteiger partial charge on any atom is -0.495 e. The minimum absolute atomic E-state index is 0.128. The van der Waals surface area contributed by atoms with Crippen molar-refractivity contribution in [2.75, 3.05) is 26.0 Å². The maximum Gasteiger partial charge on any atom is 0.221 e. The fraction of sp³-hybridized carbons (Fsp3) is 0.364. The molecule has 0 spiro atoms. The van der Waals surface area contributed by atoms with Gasteiger partial charge in [-0.1, -0.05) is 36.4 Å². The second-order valence-electron chi connectivity index (χ2n) is 7.14. The van der Waals surface area contributed by atoms with E-state index in [1.54, 1.807) is 14.2 Å². The van der Waals surface area contributed by atoms with Gasteiger partial charge in [-0.05, 0) is 36.1 Å². The maximum atomic E-state index is 11.4. The number of nitrogens with zero attached hydrogens (tertiary/aromatic N) is 1. The molecule has 1 saturated carbocycles. The summed E-state index contributed by atoms with van der Waals surface area (Å²) in [5, 5.41) is 9.60. The number of amides is 1. The molecule has 0 heterocycles. The zero-order valence-corrected chi connectivity index (χ0v) is 16.7. The highest BCUT2D eigenvalue weighted by Crippen LogP contribution is 2.47. The molecule has 1 aliphatic rings. The fourth-order valence-electron chi connectivity index (χ4n) is 3.32. The number of carbonyl (C=O) groups is 1. The van der Waals surface area contributed by atoms with Gasteiger partial charge in [0.1, 0.15) is 5.75 Å². The standard InChI is InChI=1S/C22H28N4O2/c1-16(27)26-19-13-17(9-10-20(19)28-3)14-24-21(23-2)25-15-22(11-12-22)18-7-5-4-6-8-18/h4-10,13H,11-12,14-15H2,1-3H3,(H,26,27)(H2,23,24,25). The average molecular weight is 380 g/mol. The second-order valence-corrected chi connectivity index (χ2v) is 7.14. The summed E-state index contributed by atoms with van der Waals surface area (Å²) in [4.78, 5) is 15.7. The Labute approximate surface area is 166 Å². The Balaban J connectivity index is 1.58. The SMILES string of the molecule is CN=C(NCc1ccc(OC)c(NC(C)=O)c1)NCC1(c2ccccc2)CC1. The van der Waals surface area contributed by atoms with Crippen molar-refractivity contribution in [3.63, 3.8) is 0 Å². The van der Waals surface area contributed by atoms with Gasteiger partial charge in [0.25, 0.3) is 0 Å². The molecule has 3 N–H and O–H groups in total. The van der Waals surface area contributed by atoms with E-state index in [0.717, 1.165) is 18.1 Å². The number of benzene rings is 2. The number of hydrogen-bond donors (Lipinski definition) is 3. The highest BCUT2D eigenvalue weighted by molar-refractivity contribution is 5.90. The zero-order valence-electron chi connectivity index (χ0n) is 16.7. The van der Waals surface area contributed by atoms with Crippen LogP contribution in [0.4, 0.5) is 5.69 Å². The summed E-state index contributed by atoms with van der Waals surface area (Å²) >= 11 is 0. The maximum absolute atomic E-state index is 11.4. The number of guanidine groups is 1. The molecule has 0 atom stereocenters. The van der Waals surface area contributed by atoms with Gasteiger partial charge < -0.3 is 20.7 Å². The third-order valence-corrected chi connectivity index (χ3v) is 5.09. The van der Waals surface area contributed by atoms with Crippen LogP contribution in [-0.4, -0.2) is 32.6 Å². The fourth-order valence-corrected chi connectivity index (χ4v) is 3.32. The van der Waals surface area contributed by atoms with Crippen LogP contribution in [0.1, 0.15) is 30.9 Å². The third-order valence-electron chi connectivity index (χ3n) is 5.09. The van der Waals surface area contributed by atoms with Crippen molar-refractivity contribution in [2.45, 2.75) is 31.7 Å². The van der Waals surface area contributed by atoms with Gasteiger partial charge in [0.15, 0.2) is 5.96 Å². The molecule has 6 nitrogen and oxygen atoms in total. The van der Waals surface area contributed by atoms with Crippen LogP contribution >= 0.6 is 0 Å². The lowest BCUT2D eigenvalue weighted by atomic mass is 9.96. The highest BCUT2D eigenvalue weighted by Gasteiger charge is 2.43. The van der Waals surface area contributed by atoms with E-state index in [1.807, 2.05) is 18.2 Å². The Bertz CT molecular complexity index is 845. The number of hydrogen-bond acceptors (Lipinski definition) is 3. The summed E-state index contributed by atoms with van der Waals surface area (Å²) in [5.41, 5.74) is 3.29. The molecule has 2 aromatic carbocycles. The molecule has 0 saturated heterocycles. The molecule has 2 aromatic rings. The van der Waals surface area contributed by atoms with E-state index in [-0.39, 0.29) is 11.3 Å². The van der Waals surface area contributed by atoms with Crippen LogP contribution in [0.5, 0.6) is 5.75 Å². The van der Waals surface area contributed by atoms with Crippen LogP contribution < -0.4 is 20.7 Å². The first-order valence-electron chi connectivity index (χ1n) is 9.51. The summed E-state index contributed by atoms with van der Waals surface area (Å²) in [5.74, 6) is 1.27. The van der Waals surface area contributed by atoms with Crippen molar-refractivity contribution in [1.29, 1.82) is 0 Å². The molecule has 1 aliphatic carbocycles. The van der Waals surface area contributed by atoms with E-state index in [1.165, 1.54) is 25.3 Å². The summed E-state index contributed by atoms with van der Waals surface area (Å²) in [6.07, 6.45) is 2.39. The molecule has 1 fully saturated rings. The molecule has 0 aromatic heterocycles. The van der Waals surface area contributed by atoms with Crippen molar-refractivity contribution in [1.82, 2.24) is 10.6 Å². The quantitative estimate of drug-likeness (QED) is 0.510. The number of carbonyl (C=O) groups excluding carboxylic acids is 1. The predicted molar refractivity (Wildman–Crippen MR) is 113 cm³/mol. The van der Waals surface area contributed by atoms with Gasteiger partial charge in [-0.25, -0.2) is 0 Å². The number of ether oxygens (including phenoxy) is 1. The minimum atomic E-state index is -0.128. The van der Waals surface area contributed by atoms with Gasteiger partial charge in [-0.3, -0.25) is 9.79 Å². The van der Waals surface area contributed by atoms with E-state index in [9.17, 15) is 4.79 Å². The summed E-state index contributed by atoms with van der Waals surface area (Å²) in [6.45, 7) is 2.93. The molecule has 148 valence electrons. The normalized spacial score (nSPS) is 14.9. The van der Waals surface area contributed by atoms with Crippen LogP contribution in [0.15, 0.2) is 53.5 Å². The number of nitrogens with one attached hydrogen (secondary N) is 3. The molecule has 0 unspecified atom stereocenters. The van der Waals surface area contributed by atoms with Crippen LogP contribution in [-0.2, 0) is 16.8 Å². The van der Waals surface area contributed by atoms with Crippen LogP contribution in [0.25, 0.3) is 0 Å². The van der Waals surface area contributed by atoms with Crippen molar-refractivity contribution in [3.8, 4) is 5.75 Å². The Kier molecular flexibility index (Phi) is 6.19. The second kappa shape index (κ2) is 8.78. The number of rotatable bonds is 7. The van der Waals surface area contributed by atoms with Crippen molar-refractivity contribution in [2.24, 2.45) is 4.99 Å². The van der Waals surface area contributed by atoms with Gasteiger partial charge >= 0.3 is 0 Å². The summed E-state index contributed by atoms with van der Waals surface area (Å²) < 4.78 is 5.30. The average Bonchev–Trinajstić information content (AvgIpc) is 3.50. The van der Waals surface area contributed by atoms with E-state index in [2.05, 4.69) is 51.3 Å². The Morgan fingerprint density at radius 2 is 1.89 bits per heavy atom. The Morgan fingerprint density at radius 3 is 2.50 bits per heavy atom. The smallest absolute Gasteiger partial charge is 0.221 e. The topological polar surface area (TPSA) is 74.8 Å². The molecule has 0 radical (unpaired) electrons. The lowest BCUT2D eigenvalue weighted by molar-refractivity contribution is -0.114. The third kappa shape index (κ3) is 4.82. The van der Waals surface area contributed by atoms with Gasteiger partial charge in [0, 0.05) is 32.5 Å². The van der Waals surface area contributed by atoms with Crippen LogP contribution in [0, 0.1) is 0 Å². The predicted octanol–water partition coefficient (Wildman–Crippen LogP) is 3.05. The Hall–Kier alpha value is -3.02. The molecule has 3 rings (SSSR count). The number of anilines is 1. The molecular formula is C22H28N4O2. The van der Waals surface area contributed by atoms with Crippen molar-refractivity contribution in [3.05, 3.63) is 59.7 Å². The summed E-state index contributed by atoms with van der Waals surface area (Å²) in [6, 6.07) is 16.4. The zero-order chi connectivity index (χ0) is 20.0. The van der Waals surface area contributed by atoms with E-state index < -0.39 is 0 Å². The molecule has 28 heavy (non-hydrogen) atoms. The lowest BCUT2D eigenvalue weighted by Crippen LogP contribution is -2.40. The first-order chi connectivity index (χ1) is 13.6. The largest absolute Gasteiger partial charge is 0.495 e. The summed E-state index contributed by atoms with van der Waals surface area (Å²) in [7, 11) is 3.36. The van der Waals surface area contributed by atoms with Crippen molar-refractivity contribution >= 4 is 17.6 Å². The first-order valence-corrected chi connectivity index (χ1v) is 9.51. The van der Waals surface area contributed by atoms with Crippen LogP contribution in [0.3, 0.4) is 0 Å². The van der Waals surface area contributed by atoms with Crippen LogP contribution in [0.2, 0.25) is 0 Å². The lowest BCUT2D eigenvalue weighted by Gasteiger charge is -2.19. The first kappa shape index (κ1) is 19.7. The molecule has 0 bridgehead atoms.